The first-order valence-corrected chi connectivity index (χ1v) is 17.4. The molecule has 46 heavy (non-hydrogen) atoms. The van der Waals surface area contributed by atoms with E-state index in [0.29, 0.717) is 23.2 Å². The number of aromatic nitrogens is 2. The Bertz CT molecular complexity index is 1960. The molecule has 8 rings (SSSR count). The van der Waals surface area contributed by atoms with Crippen molar-refractivity contribution in [1.82, 2.24) is 14.1 Å². The van der Waals surface area contributed by atoms with Crippen LogP contribution >= 0.6 is 0 Å². The molecule has 9 heteroatoms. The molecule has 0 saturated heterocycles. The van der Waals surface area contributed by atoms with Crippen LogP contribution in [0.25, 0.3) is 0 Å². The monoisotopic (exact) mass is 629 g/mol. The van der Waals surface area contributed by atoms with Crippen molar-refractivity contribution in [2.45, 2.75) is 62.1 Å². The van der Waals surface area contributed by atoms with E-state index in [1.54, 1.807) is 4.68 Å². The van der Waals surface area contributed by atoms with Gasteiger partial charge in [-0.25, -0.2) is 22.8 Å². The average Bonchev–Trinajstić information content (AvgIpc) is 3.78. The van der Waals surface area contributed by atoms with Crippen molar-refractivity contribution in [3.05, 3.63) is 142 Å². The third kappa shape index (κ3) is 4.29. The van der Waals surface area contributed by atoms with Crippen LogP contribution in [0.2, 0.25) is 0 Å². The zero-order chi connectivity index (χ0) is 31.5. The number of rotatable bonds is 7. The number of hydrogen-bond acceptors (Lipinski definition) is 5. The maximum Gasteiger partial charge on any atom is 0.336 e. The largest absolute Gasteiger partial charge is 0.472 e. The Balaban J connectivity index is 1.42. The normalized spacial score (nSPS) is 17.5. The van der Waals surface area contributed by atoms with Gasteiger partial charge in [-0.15, -0.1) is 0 Å². The lowest BCUT2D eigenvalue weighted by Gasteiger charge is -2.45. The molecule has 2 N–H and O–H groups in total. The predicted molar refractivity (Wildman–Crippen MR) is 177 cm³/mol. The van der Waals surface area contributed by atoms with Crippen LogP contribution in [0.15, 0.2) is 108 Å². The lowest BCUT2D eigenvalue weighted by molar-refractivity contribution is 0.217. The fourth-order valence-corrected chi connectivity index (χ4v) is 9.23. The minimum atomic E-state index is -4.13. The minimum Gasteiger partial charge on any atom is -0.472 e. The Morgan fingerprint density at radius 3 is 2.02 bits per heavy atom. The van der Waals surface area contributed by atoms with E-state index >= 15 is 9.00 Å². The van der Waals surface area contributed by atoms with Crippen LogP contribution < -0.4 is 10.1 Å². The molecule has 0 saturated carbocycles. The van der Waals surface area contributed by atoms with Crippen LogP contribution in [0.1, 0.15) is 52.3 Å². The van der Waals surface area contributed by atoms with E-state index in [1.807, 2.05) is 97.9 Å². The van der Waals surface area contributed by atoms with Crippen molar-refractivity contribution in [1.29, 1.82) is 4.78 Å². The molecule has 0 fully saturated rings. The Morgan fingerprint density at radius 1 is 0.891 bits per heavy atom. The van der Waals surface area contributed by atoms with Crippen LogP contribution in [0.4, 0.5) is 10.5 Å². The summed E-state index contributed by atoms with van der Waals surface area (Å²) >= 11 is 0. The van der Waals surface area contributed by atoms with E-state index in [4.69, 9.17) is 4.74 Å². The van der Waals surface area contributed by atoms with Crippen LogP contribution in [0.3, 0.4) is 0 Å². The van der Waals surface area contributed by atoms with Crippen molar-refractivity contribution < 1.29 is 13.7 Å². The fraction of sp³-hybridized carbons (Fsp3) is 0.243. The van der Waals surface area contributed by atoms with Crippen molar-refractivity contribution in [2.75, 3.05) is 5.32 Å². The maximum atomic E-state index is 15.6. The fourth-order valence-electron chi connectivity index (χ4n) is 7.47. The SMILES string of the molecule is CC1Cn2ncc(S(=N)(=O)N(C(=O)Nc3c4c(cc5c3CC5)CCC4)C(c3ccccc3)(c3ccccc3)c3ccccc3)c2O1. The molecule has 3 aliphatic rings. The van der Waals surface area contributed by atoms with Crippen molar-refractivity contribution >= 4 is 21.6 Å². The van der Waals surface area contributed by atoms with Crippen LogP contribution in [-0.4, -0.2) is 30.4 Å². The molecular formula is C37H35N5O3S. The molecule has 0 spiro atoms. The topological polar surface area (TPSA) is 100 Å². The van der Waals surface area contributed by atoms with Gasteiger partial charge in [0.2, 0.25) is 5.88 Å². The maximum absolute atomic E-state index is 15.6. The zero-order valence-electron chi connectivity index (χ0n) is 25.6. The number of carbonyl (C=O) groups is 1. The standard InChI is InChI=1S/C37H35N5O3S/c1-25-24-41-35(45-25)33(23-39-41)46(38,44)42(36(43)40-34-31-19-11-12-26(31)22-27-20-21-32(27)34)37(28-13-5-2-6-14-28,29-15-7-3-8-16-29)30-17-9-4-10-18-30/h2-10,13-18,22-23,25,38H,11-12,19-21,24H2,1H3,(H,40,43). The zero-order valence-corrected chi connectivity index (χ0v) is 26.4. The number of benzene rings is 4. The van der Waals surface area contributed by atoms with Crippen molar-refractivity contribution in [2.24, 2.45) is 0 Å². The lowest BCUT2D eigenvalue weighted by Crippen LogP contribution is -2.55. The van der Waals surface area contributed by atoms with Gasteiger partial charge >= 0.3 is 6.03 Å². The van der Waals surface area contributed by atoms with E-state index in [9.17, 15) is 4.78 Å². The van der Waals surface area contributed by atoms with E-state index < -0.39 is 21.5 Å². The summed E-state index contributed by atoms with van der Waals surface area (Å²) in [5, 5.41) is 7.74. The van der Waals surface area contributed by atoms with Gasteiger partial charge in [0.25, 0.3) is 0 Å². The molecule has 2 amide bonds. The third-order valence-corrected chi connectivity index (χ3v) is 11.4. The summed E-state index contributed by atoms with van der Waals surface area (Å²) in [5.41, 5.74) is 6.25. The first-order chi connectivity index (χ1) is 22.4. The molecule has 4 aromatic carbocycles. The molecule has 1 aliphatic heterocycles. The minimum absolute atomic E-state index is 0.0745. The van der Waals surface area contributed by atoms with Gasteiger partial charge in [0.1, 0.15) is 16.5 Å². The first-order valence-electron chi connectivity index (χ1n) is 15.8. The molecular weight excluding hydrogens is 595 g/mol. The second-order valence-corrected chi connectivity index (χ2v) is 14.2. The first kappa shape index (κ1) is 28.6. The molecule has 1 aromatic heterocycles. The van der Waals surface area contributed by atoms with Gasteiger partial charge in [-0.1, -0.05) is 97.1 Å². The molecule has 232 valence electrons. The smallest absolute Gasteiger partial charge is 0.336 e. The van der Waals surface area contributed by atoms with Crippen molar-refractivity contribution in [3.8, 4) is 5.88 Å². The number of fused-ring (bicyclic) bond motifs is 3. The summed E-state index contributed by atoms with van der Waals surface area (Å²) < 4.78 is 34.5. The van der Waals surface area contributed by atoms with Crippen LogP contribution in [0, 0.1) is 4.78 Å². The predicted octanol–water partition coefficient (Wildman–Crippen LogP) is 7.10. The molecule has 0 radical (unpaired) electrons. The van der Waals surface area contributed by atoms with Gasteiger partial charge in [-0.3, -0.25) is 0 Å². The van der Waals surface area contributed by atoms with Gasteiger partial charge < -0.3 is 10.1 Å². The van der Waals surface area contributed by atoms with Gasteiger partial charge in [-0.05, 0) is 78.0 Å². The highest BCUT2D eigenvalue weighted by molar-refractivity contribution is 7.90. The number of urea groups is 1. The van der Waals surface area contributed by atoms with Crippen molar-refractivity contribution in [3.63, 3.8) is 0 Å². The summed E-state index contributed by atoms with van der Waals surface area (Å²) in [5.74, 6) is 0.262. The summed E-state index contributed by atoms with van der Waals surface area (Å²) in [4.78, 5) is 15.4. The van der Waals surface area contributed by atoms with E-state index in [1.165, 1.54) is 21.6 Å². The van der Waals surface area contributed by atoms with E-state index in [-0.39, 0.29) is 16.9 Å². The molecule has 5 aromatic rings. The second-order valence-electron chi connectivity index (χ2n) is 12.4. The molecule has 2 atom stereocenters. The van der Waals surface area contributed by atoms with E-state index in [0.717, 1.165) is 48.9 Å². The van der Waals surface area contributed by atoms with Gasteiger partial charge in [0.15, 0.2) is 9.92 Å². The summed E-state index contributed by atoms with van der Waals surface area (Å²) in [6.07, 6.45) is 5.95. The summed E-state index contributed by atoms with van der Waals surface area (Å²) in [6.45, 7) is 2.38. The number of ether oxygens (including phenoxy) is 1. The number of amides is 2. The number of carbonyl (C=O) groups excluding carboxylic acids is 1. The van der Waals surface area contributed by atoms with Crippen LogP contribution in [-0.2, 0) is 47.7 Å². The highest BCUT2D eigenvalue weighted by Gasteiger charge is 2.51. The summed E-state index contributed by atoms with van der Waals surface area (Å²) in [7, 11) is -4.13. The second kappa shape index (κ2) is 10.9. The lowest BCUT2D eigenvalue weighted by atomic mass is 9.77. The number of nitrogens with one attached hydrogen (secondary N) is 2. The van der Waals surface area contributed by atoms with Crippen LogP contribution in [0.5, 0.6) is 5.88 Å². The third-order valence-electron chi connectivity index (χ3n) is 9.60. The number of aryl methyl sites for hydroxylation is 2. The van der Waals surface area contributed by atoms with Gasteiger partial charge in [0.05, 0.1) is 12.7 Å². The van der Waals surface area contributed by atoms with E-state index in [2.05, 4.69) is 16.5 Å². The molecule has 8 nitrogen and oxygen atoms in total. The Kier molecular flexibility index (Phi) is 6.76. The number of nitrogens with zero attached hydrogens (tertiary/aromatic N) is 3. The molecule has 0 bridgehead atoms. The van der Waals surface area contributed by atoms with Gasteiger partial charge in [-0.2, -0.15) is 5.10 Å². The van der Waals surface area contributed by atoms with Gasteiger partial charge in [0, 0.05) is 5.69 Å². The number of hydrogen-bond donors (Lipinski definition) is 2. The summed E-state index contributed by atoms with van der Waals surface area (Å²) in [6, 6.07) is 30.5. The quantitative estimate of drug-likeness (QED) is 0.188. The Labute approximate surface area is 269 Å². The highest BCUT2D eigenvalue weighted by atomic mass is 32.2. The molecule has 2 unspecified atom stereocenters. The average molecular weight is 630 g/mol. The molecule has 2 aliphatic carbocycles. The Hall–Kier alpha value is -4.89. The number of anilines is 1. The highest BCUT2D eigenvalue weighted by Crippen LogP contribution is 2.48. The molecule has 2 heterocycles. The Morgan fingerprint density at radius 2 is 1.46 bits per heavy atom.